The fourth-order valence-corrected chi connectivity index (χ4v) is 3.55. The largest absolute Gasteiger partial charge is 0.469 e. The van der Waals surface area contributed by atoms with E-state index >= 15 is 0 Å². The van der Waals surface area contributed by atoms with Crippen molar-refractivity contribution >= 4 is 23.6 Å². The van der Waals surface area contributed by atoms with Crippen molar-refractivity contribution < 1.29 is 14.3 Å². The molecule has 0 aliphatic carbocycles. The highest BCUT2D eigenvalue weighted by Crippen LogP contribution is 2.36. The fraction of sp³-hybridized carbons (Fsp3) is 0.500. The van der Waals surface area contributed by atoms with Crippen LogP contribution in [-0.4, -0.2) is 30.8 Å². The van der Waals surface area contributed by atoms with E-state index in [0.29, 0.717) is 13.0 Å². The molecule has 0 bridgehead atoms. The number of nitrogens with one attached hydrogen (secondary N) is 1. The number of unbranched alkanes of at least 4 members (excludes halogenated alkanes) is 2. The van der Waals surface area contributed by atoms with Crippen molar-refractivity contribution in [2.24, 2.45) is 0 Å². The van der Waals surface area contributed by atoms with Crippen LogP contribution in [0.3, 0.4) is 0 Å². The lowest BCUT2D eigenvalue weighted by Crippen LogP contribution is -2.33. The molecule has 1 atom stereocenters. The van der Waals surface area contributed by atoms with Crippen LogP contribution in [0.1, 0.15) is 31.2 Å². The SMILES string of the molecule is COC(=O)CCCCCNC(=O)C1Cc2ccccc2S1. The summed E-state index contributed by atoms with van der Waals surface area (Å²) in [5.74, 6) is -0.0525. The van der Waals surface area contributed by atoms with Crippen molar-refractivity contribution in [1.29, 1.82) is 0 Å². The van der Waals surface area contributed by atoms with Gasteiger partial charge in [-0.3, -0.25) is 9.59 Å². The second-order valence-corrected chi connectivity index (χ2v) is 6.34. The minimum Gasteiger partial charge on any atom is -0.469 e. The van der Waals surface area contributed by atoms with Gasteiger partial charge in [0.25, 0.3) is 0 Å². The van der Waals surface area contributed by atoms with Crippen LogP contribution < -0.4 is 5.32 Å². The van der Waals surface area contributed by atoms with Crippen molar-refractivity contribution in [3.8, 4) is 0 Å². The molecule has 114 valence electrons. The number of carbonyl (C=O) groups excluding carboxylic acids is 2. The van der Waals surface area contributed by atoms with E-state index < -0.39 is 0 Å². The lowest BCUT2D eigenvalue weighted by molar-refractivity contribution is -0.140. The molecule has 5 heteroatoms. The number of hydrogen-bond acceptors (Lipinski definition) is 4. The van der Waals surface area contributed by atoms with Crippen LogP contribution >= 0.6 is 11.8 Å². The van der Waals surface area contributed by atoms with Crippen LogP contribution in [0, 0.1) is 0 Å². The second-order valence-electron chi connectivity index (χ2n) is 5.10. The van der Waals surface area contributed by atoms with Gasteiger partial charge in [0.15, 0.2) is 0 Å². The first kappa shape index (κ1) is 15.9. The average Bonchev–Trinajstić information content (AvgIpc) is 2.94. The minimum atomic E-state index is -0.167. The van der Waals surface area contributed by atoms with Crippen LogP contribution in [0.2, 0.25) is 0 Å². The molecule has 4 nitrogen and oxygen atoms in total. The molecular formula is C16H21NO3S. The number of thioether (sulfide) groups is 1. The molecule has 1 aliphatic rings. The smallest absolute Gasteiger partial charge is 0.305 e. The molecule has 2 rings (SSSR count). The molecule has 1 amide bonds. The molecule has 0 aromatic heterocycles. The van der Waals surface area contributed by atoms with E-state index in [9.17, 15) is 9.59 Å². The summed E-state index contributed by atoms with van der Waals surface area (Å²) in [6.07, 6.45) is 3.90. The Kier molecular flexibility index (Phi) is 6.11. The summed E-state index contributed by atoms with van der Waals surface area (Å²) in [4.78, 5) is 24.3. The first-order valence-electron chi connectivity index (χ1n) is 7.30. The van der Waals surface area contributed by atoms with Gasteiger partial charge < -0.3 is 10.1 Å². The van der Waals surface area contributed by atoms with Crippen LogP contribution in [0.25, 0.3) is 0 Å². The van der Waals surface area contributed by atoms with E-state index in [1.807, 2.05) is 12.1 Å². The summed E-state index contributed by atoms with van der Waals surface area (Å²) in [7, 11) is 1.40. The quantitative estimate of drug-likeness (QED) is 0.621. The Balaban J connectivity index is 1.60. The zero-order chi connectivity index (χ0) is 15.1. The van der Waals surface area contributed by atoms with E-state index in [1.54, 1.807) is 11.8 Å². The molecule has 0 saturated carbocycles. The van der Waals surface area contributed by atoms with Gasteiger partial charge >= 0.3 is 5.97 Å². The predicted molar refractivity (Wildman–Crippen MR) is 83.3 cm³/mol. The van der Waals surface area contributed by atoms with Crippen molar-refractivity contribution in [3.05, 3.63) is 29.8 Å². The van der Waals surface area contributed by atoms with E-state index in [1.165, 1.54) is 17.6 Å². The van der Waals surface area contributed by atoms with Crippen LogP contribution in [0.15, 0.2) is 29.2 Å². The number of methoxy groups -OCH3 is 1. The molecule has 1 heterocycles. The molecule has 1 aromatic carbocycles. The molecule has 1 aliphatic heterocycles. The number of hydrogen-bond donors (Lipinski definition) is 1. The van der Waals surface area contributed by atoms with Gasteiger partial charge in [0.05, 0.1) is 12.4 Å². The summed E-state index contributed by atoms with van der Waals surface area (Å²) in [6, 6.07) is 8.18. The zero-order valence-corrected chi connectivity index (χ0v) is 13.1. The summed E-state index contributed by atoms with van der Waals surface area (Å²) >= 11 is 1.65. The van der Waals surface area contributed by atoms with Gasteiger partial charge in [0.1, 0.15) is 0 Å². The normalized spacial score (nSPS) is 16.3. The maximum atomic E-state index is 12.1. The Morgan fingerprint density at radius 3 is 2.86 bits per heavy atom. The summed E-state index contributed by atoms with van der Waals surface area (Å²) in [5, 5.41) is 2.98. The third kappa shape index (κ3) is 4.77. The van der Waals surface area contributed by atoms with Gasteiger partial charge in [-0.15, -0.1) is 11.8 Å². The Morgan fingerprint density at radius 1 is 1.29 bits per heavy atom. The fourth-order valence-electron chi connectivity index (χ4n) is 2.33. The predicted octanol–water partition coefficient (Wildman–Crippen LogP) is 2.55. The number of fused-ring (bicyclic) bond motifs is 1. The third-order valence-electron chi connectivity index (χ3n) is 3.52. The molecular weight excluding hydrogens is 286 g/mol. The molecule has 1 N–H and O–H groups in total. The first-order valence-corrected chi connectivity index (χ1v) is 8.18. The van der Waals surface area contributed by atoms with Crippen molar-refractivity contribution in [3.63, 3.8) is 0 Å². The monoisotopic (exact) mass is 307 g/mol. The topological polar surface area (TPSA) is 55.4 Å². The van der Waals surface area contributed by atoms with Gasteiger partial charge in [0, 0.05) is 17.9 Å². The van der Waals surface area contributed by atoms with Crippen molar-refractivity contribution in [2.45, 2.75) is 42.2 Å². The van der Waals surface area contributed by atoms with Crippen molar-refractivity contribution in [1.82, 2.24) is 5.32 Å². The molecule has 0 radical (unpaired) electrons. The Morgan fingerprint density at radius 2 is 2.10 bits per heavy atom. The van der Waals surface area contributed by atoms with E-state index in [-0.39, 0.29) is 17.1 Å². The van der Waals surface area contributed by atoms with E-state index in [2.05, 4.69) is 22.2 Å². The lowest BCUT2D eigenvalue weighted by Gasteiger charge is -2.09. The number of rotatable bonds is 7. The number of ether oxygens (including phenoxy) is 1. The maximum absolute atomic E-state index is 12.1. The maximum Gasteiger partial charge on any atom is 0.305 e. The molecule has 1 aromatic rings. The van der Waals surface area contributed by atoms with Gasteiger partial charge in [-0.1, -0.05) is 24.6 Å². The molecule has 0 saturated heterocycles. The van der Waals surface area contributed by atoms with Gasteiger partial charge in [-0.2, -0.15) is 0 Å². The summed E-state index contributed by atoms with van der Waals surface area (Å²) in [6.45, 7) is 0.674. The highest BCUT2D eigenvalue weighted by atomic mass is 32.2. The van der Waals surface area contributed by atoms with Crippen molar-refractivity contribution in [2.75, 3.05) is 13.7 Å². The molecule has 1 unspecified atom stereocenters. The highest BCUT2D eigenvalue weighted by molar-refractivity contribution is 8.01. The van der Waals surface area contributed by atoms with Gasteiger partial charge in [-0.25, -0.2) is 0 Å². The zero-order valence-electron chi connectivity index (χ0n) is 12.3. The second kappa shape index (κ2) is 8.08. The van der Waals surface area contributed by atoms with E-state index in [0.717, 1.165) is 25.7 Å². The Hall–Kier alpha value is -1.49. The molecule has 0 spiro atoms. The third-order valence-corrected chi connectivity index (χ3v) is 4.84. The van der Waals surface area contributed by atoms with Crippen LogP contribution in [0.4, 0.5) is 0 Å². The number of esters is 1. The summed E-state index contributed by atoms with van der Waals surface area (Å²) < 4.78 is 4.58. The van der Waals surface area contributed by atoms with Crippen LogP contribution in [-0.2, 0) is 20.7 Å². The first-order chi connectivity index (χ1) is 10.2. The number of benzene rings is 1. The molecule has 21 heavy (non-hydrogen) atoms. The Bertz CT molecular complexity index is 479. The average molecular weight is 307 g/mol. The number of amides is 1. The Labute approximate surface area is 129 Å². The summed E-state index contributed by atoms with van der Waals surface area (Å²) in [5.41, 5.74) is 1.26. The molecule has 0 fully saturated rings. The standard InChI is InChI=1S/C16H21NO3S/c1-20-15(18)9-3-2-6-10-17-16(19)14-11-12-7-4-5-8-13(12)21-14/h4-5,7-8,14H,2-3,6,9-11H2,1H3,(H,17,19). The highest BCUT2D eigenvalue weighted by Gasteiger charge is 2.27. The van der Waals surface area contributed by atoms with E-state index in [4.69, 9.17) is 0 Å². The minimum absolute atomic E-state index is 0.00234. The number of carbonyl (C=O) groups is 2. The lowest BCUT2D eigenvalue weighted by atomic mass is 10.1. The van der Waals surface area contributed by atoms with Gasteiger partial charge in [-0.05, 0) is 30.9 Å². The van der Waals surface area contributed by atoms with Crippen LogP contribution in [0.5, 0.6) is 0 Å². The van der Waals surface area contributed by atoms with Gasteiger partial charge in [0.2, 0.25) is 5.91 Å².